The third-order valence-electron chi connectivity index (χ3n) is 2.03. The van der Waals surface area contributed by atoms with Crippen LogP contribution in [0.3, 0.4) is 0 Å². The predicted molar refractivity (Wildman–Crippen MR) is 71.8 cm³/mol. The Balaban J connectivity index is 0.000000388. The SMILES string of the molecule is C=Cc1ccccc1.O=C(O)CC(C(=O)O)S(=O)(=O)O. The summed E-state index contributed by atoms with van der Waals surface area (Å²) in [6, 6.07) is 10.0. The molecule has 1 aromatic rings. The zero-order valence-corrected chi connectivity index (χ0v) is 11.2. The fourth-order valence-corrected chi connectivity index (χ4v) is 1.68. The Hall–Kier alpha value is -2.19. The lowest BCUT2D eigenvalue weighted by Crippen LogP contribution is -2.31. The number of carboxylic acids is 2. The van der Waals surface area contributed by atoms with Crippen LogP contribution in [0.5, 0.6) is 0 Å². The normalized spacial score (nSPS) is 11.7. The molecule has 110 valence electrons. The third kappa shape index (κ3) is 7.29. The highest BCUT2D eigenvalue weighted by molar-refractivity contribution is 7.87. The summed E-state index contributed by atoms with van der Waals surface area (Å²) in [5.74, 6) is -3.50. The summed E-state index contributed by atoms with van der Waals surface area (Å²) in [4.78, 5) is 20.0. The van der Waals surface area contributed by atoms with E-state index in [1.54, 1.807) is 0 Å². The van der Waals surface area contributed by atoms with Crippen LogP contribution in [0, 0.1) is 0 Å². The van der Waals surface area contributed by atoms with Gasteiger partial charge in [-0.15, -0.1) is 0 Å². The third-order valence-corrected chi connectivity index (χ3v) is 3.12. The maximum Gasteiger partial charge on any atom is 0.325 e. The van der Waals surface area contributed by atoms with Crippen LogP contribution >= 0.6 is 0 Å². The molecule has 0 amide bonds. The van der Waals surface area contributed by atoms with Gasteiger partial charge in [0.05, 0.1) is 6.42 Å². The van der Waals surface area contributed by atoms with Crippen molar-refractivity contribution in [2.45, 2.75) is 11.7 Å². The van der Waals surface area contributed by atoms with Crippen LogP contribution in [0.4, 0.5) is 0 Å². The topological polar surface area (TPSA) is 129 Å². The molecule has 0 aromatic heterocycles. The van der Waals surface area contributed by atoms with Gasteiger partial charge in [0.15, 0.2) is 5.25 Å². The number of benzene rings is 1. The molecule has 0 aliphatic carbocycles. The molecular formula is C12H14O7S. The number of carboxylic acid groups (broad SMARTS) is 2. The molecule has 0 aliphatic heterocycles. The van der Waals surface area contributed by atoms with E-state index < -0.39 is 33.7 Å². The predicted octanol–water partition coefficient (Wildman–Crippen LogP) is 1.13. The van der Waals surface area contributed by atoms with E-state index >= 15 is 0 Å². The molecule has 0 saturated heterocycles. The van der Waals surface area contributed by atoms with E-state index in [4.69, 9.17) is 14.8 Å². The molecule has 8 heteroatoms. The molecule has 0 radical (unpaired) electrons. The average molecular weight is 302 g/mol. The van der Waals surface area contributed by atoms with Gasteiger partial charge in [0.1, 0.15) is 0 Å². The number of aliphatic carboxylic acids is 2. The lowest BCUT2D eigenvalue weighted by Gasteiger charge is -2.04. The molecule has 0 fully saturated rings. The summed E-state index contributed by atoms with van der Waals surface area (Å²) >= 11 is 0. The molecule has 20 heavy (non-hydrogen) atoms. The summed E-state index contributed by atoms with van der Waals surface area (Å²) in [5, 5.41) is 13.9. The second-order valence-electron chi connectivity index (χ2n) is 3.55. The first-order chi connectivity index (χ1) is 9.18. The summed E-state index contributed by atoms with van der Waals surface area (Å²) in [6.45, 7) is 3.63. The zero-order chi connectivity index (χ0) is 15.8. The van der Waals surface area contributed by atoms with Crippen molar-refractivity contribution in [2.24, 2.45) is 0 Å². The van der Waals surface area contributed by atoms with E-state index in [2.05, 4.69) is 6.58 Å². The molecule has 1 rings (SSSR count). The van der Waals surface area contributed by atoms with Gasteiger partial charge in [-0.2, -0.15) is 8.42 Å². The van der Waals surface area contributed by atoms with Gasteiger partial charge >= 0.3 is 11.9 Å². The summed E-state index contributed by atoms with van der Waals surface area (Å²) < 4.78 is 28.7. The highest BCUT2D eigenvalue weighted by Gasteiger charge is 2.33. The van der Waals surface area contributed by atoms with E-state index in [0.717, 1.165) is 0 Å². The van der Waals surface area contributed by atoms with E-state index in [1.165, 1.54) is 5.56 Å². The van der Waals surface area contributed by atoms with Crippen molar-refractivity contribution in [3.05, 3.63) is 42.5 Å². The van der Waals surface area contributed by atoms with Gasteiger partial charge in [0, 0.05) is 0 Å². The zero-order valence-electron chi connectivity index (χ0n) is 10.3. The van der Waals surface area contributed by atoms with Crippen LogP contribution in [0.1, 0.15) is 12.0 Å². The van der Waals surface area contributed by atoms with Gasteiger partial charge in [-0.1, -0.05) is 43.0 Å². The Morgan fingerprint density at radius 2 is 1.70 bits per heavy atom. The first-order valence-corrected chi connectivity index (χ1v) is 6.77. The van der Waals surface area contributed by atoms with Gasteiger partial charge < -0.3 is 10.2 Å². The minimum Gasteiger partial charge on any atom is -0.481 e. The minimum atomic E-state index is -4.84. The molecule has 3 N–H and O–H groups in total. The molecule has 1 unspecified atom stereocenters. The second kappa shape index (κ2) is 8.08. The molecule has 0 aliphatic rings. The van der Waals surface area contributed by atoms with Gasteiger partial charge in [-0.25, -0.2) is 0 Å². The lowest BCUT2D eigenvalue weighted by molar-refractivity contribution is -0.143. The van der Waals surface area contributed by atoms with Gasteiger partial charge in [-0.05, 0) is 5.56 Å². The average Bonchev–Trinajstić information content (AvgIpc) is 2.36. The lowest BCUT2D eigenvalue weighted by atomic mass is 10.2. The molecule has 7 nitrogen and oxygen atoms in total. The molecule has 0 heterocycles. The first kappa shape index (κ1) is 17.8. The number of hydrogen-bond donors (Lipinski definition) is 3. The van der Waals surface area contributed by atoms with Gasteiger partial charge in [0.2, 0.25) is 0 Å². The fraction of sp³-hybridized carbons (Fsp3) is 0.167. The van der Waals surface area contributed by atoms with Crippen molar-refractivity contribution in [1.82, 2.24) is 0 Å². The van der Waals surface area contributed by atoms with E-state index in [1.807, 2.05) is 36.4 Å². The highest BCUT2D eigenvalue weighted by atomic mass is 32.2. The van der Waals surface area contributed by atoms with Crippen LogP contribution in [-0.2, 0) is 19.7 Å². The van der Waals surface area contributed by atoms with Crippen molar-refractivity contribution in [2.75, 3.05) is 0 Å². The summed E-state index contributed by atoms with van der Waals surface area (Å²) in [7, 11) is -4.84. The number of carbonyl (C=O) groups is 2. The Morgan fingerprint density at radius 1 is 1.20 bits per heavy atom. The van der Waals surface area contributed by atoms with Crippen LogP contribution < -0.4 is 0 Å². The monoisotopic (exact) mass is 302 g/mol. The van der Waals surface area contributed by atoms with E-state index in [-0.39, 0.29) is 0 Å². The quantitative estimate of drug-likeness (QED) is 0.695. The summed E-state index contributed by atoms with van der Waals surface area (Å²) in [5.41, 5.74) is 1.17. The van der Waals surface area contributed by atoms with Crippen LogP contribution in [-0.4, -0.2) is 40.4 Å². The van der Waals surface area contributed by atoms with Gasteiger partial charge in [-0.3, -0.25) is 14.1 Å². The Bertz CT molecular complexity index is 563. The fourth-order valence-electron chi connectivity index (χ4n) is 1.07. The maximum atomic E-state index is 10.2. The Kier molecular flexibility index (Phi) is 7.19. The molecule has 0 saturated carbocycles. The van der Waals surface area contributed by atoms with Crippen LogP contribution in [0.25, 0.3) is 6.08 Å². The first-order valence-electron chi connectivity index (χ1n) is 5.27. The molecule has 0 spiro atoms. The molecule has 0 bridgehead atoms. The Morgan fingerprint density at radius 3 is 1.90 bits per heavy atom. The maximum absolute atomic E-state index is 10.2. The molecular weight excluding hydrogens is 288 g/mol. The van der Waals surface area contributed by atoms with Crippen molar-refractivity contribution >= 4 is 28.1 Å². The summed E-state index contributed by atoms with van der Waals surface area (Å²) in [6.07, 6.45) is 0.675. The second-order valence-corrected chi connectivity index (χ2v) is 5.15. The van der Waals surface area contributed by atoms with Gasteiger partial charge in [0.25, 0.3) is 10.1 Å². The van der Waals surface area contributed by atoms with Crippen LogP contribution in [0.2, 0.25) is 0 Å². The number of hydrogen-bond acceptors (Lipinski definition) is 4. The highest BCUT2D eigenvalue weighted by Crippen LogP contribution is 2.04. The largest absolute Gasteiger partial charge is 0.481 e. The van der Waals surface area contributed by atoms with Crippen molar-refractivity contribution in [3.63, 3.8) is 0 Å². The standard InChI is InChI=1S/C8H8.C4H6O7S/c1-2-8-6-4-3-5-7-8;5-3(6)1-2(4(7)8)12(9,10)11/h2-7H,1H2;2H,1H2,(H,5,6)(H,7,8)(H,9,10,11). The van der Waals surface area contributed by atoms with Crippen LogP contribution in [0.15, 0.2) is 36.9 Å². The smallest absolute Gasteiger partial charge is 0.325 e. The van der Waals surface area contributed by atoms with Crippen molar-refractivity contribution in [3.8, 4) is 0 Å². The van der Waals surface area contributed by atoms with E-state index in [0.29, 0.717) is 0 Å². The Labute approximate surface area is 115 Å². The van der Waals surface area contributed by atoms with E-state index in [9.17, 15) is 18.0 Å². The van der Waals surface area contributed by atoms with Crippen molar-refractivity contribution < 1.29 is 32.8 Å². The minimum absolute atomic E-state index is 1.16. The van der Waals surface area contributed by atoms with Crippen molar-refractivity contribution in [1.29, 1.82) is 0 Å². The number of rotatable bonds is 5. The molecule has 1 aromatic carbocycles. The molecule has 1 atom stereocenters.